The molecule has 0 amide bonds. The van der Waals surface area contributed by atoms with Crippen LogP contribution in [0.2, 0.25) is 5.02 Å². The number of pyridine rings is 1. The molecule has 2 N–H and O–H groups in total. The smallest absolute Gasteiger partial charge is 0.139 e. The number of nitrogen functional groups attached to an aromatic ring is 1. The fourth-order valence-corrected chi connectivity index (χ4v) is 2.47. The van der Waals surface area contributed by atoms with Gasteiger partial charge in [-0.25, -0.2) is 13.8 Å². The fourth-order valence-electron chi connectivity index (χ4n) is 1.34. The zero-order valence-electron chi connectivity index (χ0n) is 9.16. The second-order valence-electron chi connectivity index (χ2n) is 3.53. The summed E-state index contributed by atoms with van der Waals surface area (Å²) in [5, 5.41) is 0.471. The van der Waals surface area contributed by atoms with Gasteiger partial charge in [0, 0.05) is 16.7 Å². The van der Waals surface area contributed by atoms with E-state index in [9.17, 15) is 8.78 Å². The van der Waals surface area contributed by atoms with Crippen molar-refractivity contribution in [2.45, 2.75) is 10.6 Å². The van der Waals surface area contributed by atoms with Crippen molar-refractivity contribution < 1.29 is 8.78 Å². The number of halogens is 3. The lowest BCUT2D eigenvalue weighted by Gasteiger charge is -2.05. The van der Waals surface area contributed by atoms with Crippen molar-refractivity contribution in [2.24, 2.45) is 0 Å². The second kappa shape index (κ2) is 5.54. The molecule has 0 bridgehead atoms. The molecule has 0 aliphatic rings. The lowest BCUT2D eigenvalue weighted by Crippen LogP contribution is -1.95. The van der Waals surface area contributed by atoms with E-state index in [0.29, 0.717) is 27.2 Å². The molecule has 0 unspecified atom stereocenters. The molecule has 94 valence electrons. The number of hydrogen-bond donors (Lipinski definition) is 1. The molecule has 1 aromatic carbocycles. The number of anilines is 1. The molecule has 0 aliphatic heterocycles. The minimum atomic E-state index is -0.600. The predicted molar refractivity (Wildman–Crippen MR) is 69.6 cm³/mol. The van der Waals surface area contributed by atoms with Crippen molar-refractivity contribution >= 4 is 29.2 Å². The van der Waals surface area contributed by atoms with Gasteiger partial charge in [-0.3, -0.25) is 0 Å². The van der Waals surface area contributed by atoms with Gasteiger partial charge in [-0.2, -0.15) is 0 Å². The van der Waals surface area contributed by atoms with Gasteiger partial charge in [0.25, 0.3) is 0 Å². The molecule has 0 saturated heterocycles. The van der Waals surface area contributed by atoms with E-state index in [1.54, 1.807) is 12.1 Å². The molecule has 2 nitrogen and oxygen atoms in total. The minimum Gasteiger partial charge on any atom is -0.384 e. The SMILES string of the molecule is Nc1ccc(Cl)c(CSc2ccc(F)cc2F)n1. The summed E-state index contributed by atoms with van der Waals surface area (Å²) in [6, 6.07) is 6.67. The maximum absolute atomic E-state index is 13.4. The summed E-state index contributed by atoms with van der Waals surface area (Å²) in [6.45, 7) is 0. The van der Waals surface area contributed by atoms with Crippen molar-refractivity contribution in [1.82, 2.24) is 4.98 Å². The Morgan fingerprint density at radius 3 is 2.72 bits per heavy atom. The van der Waals surface area contributed by atoms with Gasteiger partial charge in [-0.15, -0.1) is 11.8 Å². The molecule has 0 atom stereocenters. The lowest BCUT2D eigenvalue weighted by molar-refractivity contribution is 0.565. The maximum Gasteiger partial charge on any atom is 0.139 e. The molecule has 0 radical (unpaired) electrons. The average molecular weight is 287 g/mol. The van der Waals surface area contributed by atoms with Gasteiger partial charge >= 0.3 is 0 Å². The van der Waals surface area contributed by atoms with Crippen LogP contribution in [0, 0.1) is 11.6 Å². The van der Waals surface area contributed by atoms with Crippen LogP contribution in [0.4, 0.5) is 14.6 Å². The highest BCUT2D eigenvalue weighted by Gasteiger charge is 2.08. The highest BCUT2D eigenvalue weighted by atomic mass is 35.5. The average Bonchev–Trinajstić information content (AvgIpc) is 2.32. The third-order valence-electron chi connectivity index (χ3n) is 2.20. The van der Waals surface area contributed by atoms with E-state index in [1.807, 2.05) is 0 Å². The van der Waals surface area contributed by atoms with Crippen LogP contribution in [0.5, 0.6) is 0 Å². The normalized spacial score (nSPS) is 10.6. The van der Waals surface area contributed by atoms with E-state index in [0.717, 1.165) is 6.07 Å². The Labute approximate surface area is 112 Å². The first kappa shape index (κ1) is 13.1. The van der Waals surface area contributed by atoms with E-state index in [4.69, 9.17) is 17.3 Å². The van der Waals surface area contributed by atoms with Gasteiger partial charge < -0.3 is 5.73 Å². The molecule has 18 heavy (non-hydrogen) atoms. The molecule has 2 rings (SSSR count). The van der Waals surface area contributed by atoms with Crippen molar-refractivity contribution in [3.8, 4) is 0 Å². The summed E-state index contributed by atoms with van der Waals surface area (Å²) in [4.78, 5) is 4.41. The van der Waals surface area contributed by atoms with Gasteiger partial charge in [0.15, 0.2) is 0 Å². The summed E-state index contributed by atoms with van der Waals surface area (Å²) in [6.07, 6.45) is 0. The van der Waals surface area contributed by atoms with E-state index < -0.39 is 11.6 Å². The topological polar surface area (TPSA) is 38.9 Å². The van der Waals surface area contributed by atoms with Gasteiger partial charge in [0.1, 0.15) is 17.5 Å². The monoisotopic (exact) mass is 286 g/mol. The Bertz CT molecular complexity index is 578. The Morgan fingerprint density at radius 2 is 2.00 bits per heavy atom. The highest BCUT2D eigenvalue weighted by molar-refractivity contribution is 7.98. The molecular weight excluding hydrogens is 278 g/mol. The maximum atomic E-state index is 13.4. The number of benzene rings is 1. The van der Waals surface area contributed by atoms with Crippen molar-refractivity contribution in [3.63, 3.8) is 0 Å². The molecule has 1 aromatic heterocycles. The summed E-state index contributed by atoms with van der Waals surface area (Å²) < 4.78 is 26.1. The van der Waals surface area contributed by atoms with Crippen molar-refractivity contribution in [1.29, 1.82) is 0 Å². The molecule has 0 saturated carbocycles. The zero-order valence-corrected chi connectivity index (χ0v) is 10.7. The van der Waals surface area contributed by atoms with E-state index in [1.165, 1.54) is 23.9 Å². The van der Waals surface area contributed by atoms with Crippen LogP contribution in [0.25, 0.3) is 0 Å². The van der Waals surface area contributed by atoms with Crippen LogP contribution in [-0.2, 0) is 5.75 Å². The van der Waals surface area contributed by atoms with Gasteiger partial charge in [0.05, 0.1) is 10.7 Å². The van der Waals surface area contributed by atoms with Crippen LogP contribution in [0.1, 0.15) is 5.69 Å². The molecule has 6 heteroatoms. The Morgan fingerprint density at radius 1 is 1.22 bits per heavy atom. The van der Waals surface area contributed by atoms with E-state index in [-0.39, 0.29) is 0 Å². The molecular formula is C12H9ClF2N2S. The van der Waals surface area contributed by atoms with Crippen LogP contribution < -0.4 is 5.73 Å². The minimum absolute atomic E-state index is 0.344. The largest absolute Gasteiger partial charge is 0.384 e. The first-order valence-corrected chi connectivity index (χ1v) is 6.41. The zero-order chi connectivity index (χ0) is 13.1. The number of rotatable bonds is 3. The van der Waals surface area contributed by atoms with Gasteiger partial charge in [-0.05, 0) is 24.3 Å². The second-order valence-corrected chi connectivity index (χ2v) is 4.95. The third kappa shape index (κ3) is 3.11. The summed E-state index contributed by atoms with van der Waals surface area (Å²) in [5.74, 6) is -0.474. The van der Waals surface area contributed by atoms with Crippen LogP contribution in [0.15, 0.2) is 35.2 Å². The number of aromatic nitrogens is 1. The predicted octanol–water partition coefficient (Wildman–Crippen LogP) is 3.89. The fraction of sp³-hybridized carbons (Fsp3) is 0.0833. The van der Waals surface area contributed by atoms with Gasteiger partial charge in [0.2, 0.25) is 0 Å². The highest BCUT2D eigenvalue weighted by Crippen LogP contribution is 2.28. The van der Waals surface area contributed by atoms with Crippen LogP contribution >= 0.6 is 23.4 Å². The van der Waals surface area contributed by atoms with E-state index in [2.05, 4.69) is 4.98 Å². The van der Waals surface area contributed by atoms with Crippen LogP contribution in [-0.4, -0.2) is 4.98 Å². The Kier molecular flexibility index (Phi) is 4.04. The lowest BCUT2D eigenvalue weighted by atomic mass is 10.3. The standard InChI is InChI=1S/C12H9ClF2N2S/c13-8-2-4-12(16)17-10(8)6-18-11-3-1-7(14)5-9(11)15/h1-5H,6H2,(H2,16,17). The van der Waals surface area contributed by atoms with E-state index >= 15 is 0 Å². The first-order chi connectivity index (χ1) is 8.56. The third-order valence-corrected chi connectivity index (χ3v) is 3.60. The van der Waals surface area contributed by atoms with Gasteiger partial charge in [-0.1, -0.05) is 11.6 Å². The molecule has 0 fully saturated rings. The number of nitrogens with zero attached hydrogens (tertiary/aromatic N) is 1. The summed E-state index contributed by atoms with van der Waals surface area (Å²) in [7, 11) is 0. The summed E-state index contributed by atoms with van der Waals surface area (Å²) >= 11 is 7.13. The molecule has 0 aliphatic carbocycles. The quantitative estimate of drug-likeness (QED) is 0.870. The number of nitrogens with two attached hydrogens (primary N) is 1. The molecule has 0 spiro atoms. The molecule has 1 heterocycles. The van der Waals surface area contributed by atoms with Crippen molar-refractivity contribution in [2.75, 3.05) is 5.73 Å². The summed E-state index contributed by atoms with van der Waals surface area (Å²) in [5.41, 5.74) is 6.12. The first-order valence-electron chi connectivity index (χ1n) is 5.05. The number of thioether (sulfide) groups is 1. The Balaban J connectivity index is 2.13. The molecule has 2 aromatic rings. The van der Waals surface area contributed by atoms with Crippen molar-refractivity contribution in [3.05, 3.63) is 52.7 Å². The Hall–Kier alpha value is -1.33. The number of hydrogen-bond acceptors (Lipinski definition) is 3. The van der Waals surface area contributed by atoms with Crippen LogP contribution in [0.3, 0.4) is 0 Å².